The van der Waals surface area contributed by atoms with Gasteiger partial charge in [0.1, 0.15) is 5.84 Å². The zero-order valence-corrected chi connectivity index (χ0v) is 6.22. The molecule has 1 fully saturated rings. The highest BCUT2D eigenvalue weighted by Gasteiger charge is 2.17. The number of hydrogen-bond acceptors (Lipinski definition) is 2. The van der Waals surface area contributed by atoms with Gasteiger partial charge in [-0.05, 0) is 12.3 Å². The van der Waals surface area contributed by atoms with E-state index in [1.54, 1.807) is 4.90 Å². The molecule has 1 saturated heterocycles. The van der Waals surface area contributed by atoms with E-state index in [0.717, 1.165) is 19.4 Å². The van der Waals surface area contributed by atoms with Crippen LogP contribution in [0.3, 0.4) is 0 Å². The van der Waals surface area contributed by atoms with E-state index in [2.05, 4.69) is 6.92 Å². The third kappa shape index (κ3) is 1.35. The molecule has 10 heavy (non-hydrogen) atoms. The first-order valence-corrected chi connectivity index (χ1v) is 3.58. The molecular formula is C7H13N3. The second-order valence-corrected chi connectivity index (χ2v) is 2.87. The van der Waals surface area contributed by atoms with Crippen LogP contribution >= 0.6 is 0 Å². The molecule has 0 saturated carbocycles. The molecule has 1 rings (SSSR count). The van der Waals surface area contributed by atoms with Gasteiger partial charge >= 0.3 is 0 Å². The van der Waals surface area contributed by atoms with Crippen LogP contribution in [0.5, 0.6) is 0 Å². The minimum atomic E-state index is 0.591. The van der Waals surface area contributed by atoms with Crippen LogP contribution in [0.1, 0.15) is 19.8 Å². The Labute approximate surface area is 61.1 Å². The van der Waals surface area contributed by atoms with E-state index in [4.69, 9.17) is 10.8 Å². The van der Waals surface area contributed by atoms with Crippen LogP contribution in [0.4, 0.5) is 0 Å². The third-order valence-corrected chi connectivity index (χ3v) is 1.91. The lowest BCUT2D eigenvalue weighted by atomic mass is 9.99. The first kappa shape index (κ1) is 7.25. The summed E-state index contributed by atoms with van der Waals surface area (Å²) in [7, 11) is 0. The standard InChI is InChI=1S/C7H13N3/c1-6-2-3-10(5-8)7(9)4-6/h5-6,8-9H,2-4H2,1H3. The van der Waals surface area contributed by atoms with E-state index >= 15 is 0 Å². The van der Waals surface area contributed by atoms with Gasteiger partial charge in [0.05, 0.1) is 6.34 Å². The summed E-state index contributed by atoms with van der Waals surface area (Å²) in [6.07, 6.45) is 3.18. The molecule has 0 amide bonds. The average molecular weight is 139 g/mol. The van der Waals surface area contributed by atoms with E-state index in [1.807, 2.05) is 0 Å². The maximum atomic E-state index is 7.45. The van der Waals surface area contributed by atoms with Crippen molar-refractivity contribution in [2.45, 2.75) is 19.8 Å². The Bertz CT molecular complexity index is 153. The van der Waals surface area contributed by atoms with Crippen LogP contribution in [0.2, 0.25) is 0 Å². The van der Waals surface area contributed by atoms with Gasteiger partial charge in [0.2, 0.25) is 0 Å². The second-order valence-electron chi connectivity index (χ2n) is 2.87. The van der Waals surface area contributed by atoms with Crippen LogP contribution in [0.15, 0.2) is 0 Å². The zero-order valence-electron chi connectivity index (χ0n) is 6.22. The number of amidine groups is 1. The molecule has 2 N–H and O–H groups in total. The van der Waals surface area contributed by atoms with Crippen molar-refractivity contribution in [2.75, 3.05) is 6.54 Å². The highest BCUT2D eigenvalue weighted by atomic mass is 15.2. The van der Waals surface area contributed by atoms with E-state index in [9.17, 15) is 0 Å². The van der Waals surface area contributed by atoms with E-state index in [1.165, 1.54) is 6.34 Å². The van der Waals surface area contributed by atoms with Gasteiger partial charge < -0.3 is 4.90 Å². The van der Waals surface area contributed by atoms with E-state index in [0.29, 0.717) is 11.8 Å². The van der Waals surface area contributed by atoms with Crippen LogP contribution in [0, 0.1) is 16.7 Å². The fraction of sp³-hybridized carbons (Fsp3) is 0.714. The summed E-state index contributed by atoms with van der Waals surface area (Å²) in [6, 6.07) is 0. The van der Waals surface area contributed by atoms with Crippen LogP contribution in [0.25, 0.3) is 0 Å². The first-order valence-electron chi connectivity index (χ1n) is 3.58. The summed E-state index contributed by atoms with van der Waals surface area (Å²) in [5.41, 5.74) is 0. The molecule has 1 aliphatic heterocycles. The topological polar surface area (TPSA) is 50.9 Å². The van der Waals surface area contributed by atoms with Gasteiger partial charge in [-0.15, -0.1) is 0 Å². The highest BCUT2D eigenvalue weighted by Crippen LogP contribution is 2.15. The summed E-state index contributed by atoms with van der Waals surface area (Å²) < 4.78 is 0. The fourth-order valence-electron chi connectivity index (χ4n) is 1.19. The van der Waals surface area contributed by atoms with Gasteiger partial charge in [0.15, 0.2) is 0 Å². The maximum Gasteiger partial charge on any atom is 0.101 e. The average Bonchev–Trinajstić information content (AvgIpc) is 1.88. The minimum Gasteiger partial charge on any atom is -0.322 e. The summed E-state index contributed by atoms with van der Waals surface area (Å²) >= 11 is 0. The predicted octanol–water partition coefficient (Wildman–Crippen LogP) is 1.30. The van der Waals surface area contributed by atoms with Crippen LogP contribution in [-0.4, -0.2) is 23.6 Å². The van der Waals surface area contributed by atoms with E-state index < -0.39 is 0 Å². The third-order valence-electron chi connectivity index (χ3n) is 1.91. The van der Waals surface area contributed by atoms with E-state index in [-0.39, 0.29) is 0 Å². The van der Waals surface area contributed by atoms with Crippen molar-refractivity contribution >= 4 is 12.2 Å². The molecule has 0 aromatic carbocycles. The van der Waals surface area contributed by atoms with Gasteiger partial charge in [-0.25, -0.2) is 0 Å². The molecule has 0 aromatic heterocycles. The molecule has 3 heteroatoms. The molecule has 0 bridgehead atoms. The second kappa shape index (κ2) is 2.82. The molecule has 0 radical (unpaired) electrons. The van der Waals surface area contributed by atoms with Crippen LogP contribution < -0.4 is 0 Å². The number of nitrogens with one attached hydrogen (secondary N) is 2. The summed E-state index contributed by atoms with van der Waals surface area (Å²) in [5, 5.41) is 14.4. The summed E-state index contributed by atoms with van der Waals surface area (Å²) in [5.74, 6) is 1.22. The largest absolute Gasteiger partial charge is 0.322 e. The summed E-state index contributed by atoms with van der Waals surface area (Å²) in [6.45, 7) is 3.00. The van der Waals surface area contributed by atoms with Gasteiger partial charge in [0, 0.05) is 13.0 Å². The summed E-state index contributed by atoms with van der Waals surface area (Å²) in [4.78, 5) is 1.69. The van der Waals surface area contributed by atoms with Gasteiger partial charge in [-0.1, -0.05) is 6.92 Å². The van der Waals surface area contributed by atoms with Gasteiger partial charge in [-0.3, -0.25) is 10.8 Å². The highest BCUT2D eigenvalue weighted by molar-refractivity contribution is 5.89. The number of likely N-dealkylation sites (tertiary alicyclic amines) is 1. The molecular weight excluding hydrogens is 126 g/mol. The molecule has 1 atom stereocenters. The Hall–Kier alpha value is -0.860. The molecule has 0 aromatic rings. The number of nitrogens with zero attached hydrogens (tertiary/aromatic N) is 1. The van der Waals surface area contributed by atoms with Crippen LogP contribution in [-0.2, 0) is 0 Å². The Morgan fingerprint density at radius 1 is 1.70 bits per heavy atom. The number of rotatable bonds is 1. The maximum absolute atomic E-state index is 7.45. The fourth-order valence-corrected chi connectivity index (χ4v) is 1.19. The van der Waals surface area contributed by atoms with Gasteiger partial charge in [-0.2, -0.15) is 0 Å². The SMILES string of the molecule is CC1CCN(C=N)C(=N)C1. The van der Waals surface area contributed by atoms with Crippen molar-refractivity contribution in [3.05, 3.63) is 0 Å². The Morgan fingerprint density at radius 3 is 2.90 bits per heavy atom. The number of hydrogen-bond donors (Lipinski definition) is 2. The molecule has 56 valence electrons. The van der Waals surface area contributed by atoms with Crippen molar-refractivity contribution in [3.8, 4) is 0 Å². The minimum absolute atomic E-state index is 0.591. The first-order chi connectivity index (χ1) is 4.74. The molecule has 1 heterocycles. The van der Waals surface area contributed by atoms with Gasteiger partial charge in [0.25, 0.3) is 0 Å². The van der Waals surface area contributed by atoms with Crippen molar-refractivity contribution in [3.63, 3.8) is 0 Å². The monoisotopic (exact) mass is 139 g/mol. The van der Waals surface area contributed by atoms with Crippen molar-refractivity contribution < 1.29 is 0 Å². The molecule has 0 spiro atoms. The lowest BCUT2D eigenvalue weighted by Crippen LogP contribution is -2.36. The predicted molar refractivity (Wildman–Crippen MR) is 41.6 cm³/mol. The molecule has 1 aliphatic rings. The van der Waals surface area contributed by atoms with Crippen molar-refractivity contribution in [2.24, 2.45) is 5.92 Å². The molecule has 1 unspecified atom stereocenters. The normalized spacial score (nSPS) is 26.7. The number of piperidine rings is 1. The Kier molecular flexibility index (Phi) is 2.04. The lowest BCUT2D eigenvalue weighted by molar-refractivity contribution is 0.418. The smallest absolute Gasteiger partial charge is 0.101 e. The Balaban J connectivity index is 2.51. The molecule has 3 nitrogen and oxygen atoms in total. The van der Waals surface area contributed by atoms with Crippen molar-refractivity contribution in [1.82, 2.24) is 4.90 Å². The lowest BCUT2D eigenvalue weighted by Gasteiger charge is -2.28. The quantitative estimate of drug-likeness (QED) is 0.417. The zero-order chi connectivity index (χ0) is 7.56. The van der Waals surface area contributed by atoms with Crippen molar-refractivity contribution in [1.29, 1.82) is 10.8 Å². The molecule has 0 aliphatic carbocycles. The Morgan fingerprint density at radius 2 is 2.40 bits per heavy atom.